The molecule has 0 unspecified atom stereocenters. The molecule has 56 heavy (non-hydrogen) atoms. The summed E-state index contributed by atoms with van der Waals surface area (Å²) in [5.74, 6) is 0.612. The van der Waals surface area contributed by atoms with Crippen LogP contribution in [0.5, 0.6) is 0 Å². The minimum absolute atomic E-state index is 0.612. The summed E-state index contributed by atoms with van der Waals surface area (Å²) in [4.78, 5) is 7.29. The van der Waals surface area contributed by atoms with E-state index in [-0.39, 0.29) is 0 Å². The Hall–Kier alpha value is -7.23. The van der Waals surface area contributed by atoms with Gasteiger partial charge in [0, 0.05) is 28.0 Å². The molecular weight excluding hydrogens is 681 g/mol. The minimum Gasteiger partial charge on any atom is -0.435 e. The van der Waals surface area contributed by atoms with Crippen LogP contribution in [0.4, 0.5) is 17.1 Å². The SMILES string of the molecule is C1=CC(c2ccc(-c3ccc(N(c4cccc(-c5ccccc5)c4)c4ccc5ccc6nc(-c7ccc(-c8ccccc8)cc7)oc6c5c4)cc3)cc2)=CCC1. The van der Waals surface area contributed by atoms with Crippen LogP contribution >= 0.6 is 0 Å². The molecule has 3 heteroatoms. The molecule has 1 heterocycles. The van der Waals surface area contributed by atoms with E-state index in [4.69, 9.17) is 9.40 Å². The molecular formula is C53H38N2O. The van der Waals surface area contributed by atoms with Crippen LogP contribution in [0.2, 0.25) is 0 Å². The number of hydrogen-bond donors (Lipinski definition) is 0. The molecule has 9 aromatic rings. The van der Waals surface area contributed by atoms with Crippen molar-refractivity contribution >= 4 is 44.5 Å². The van der Waals surface area contributed by atoms with Gasteiger partial charge in [0.2, 0.25) is 5.89 Å². The molecule has 8 aromatic carbocycles. The summed E-state index contributed by atoms with van der Waals surface area (Å²) >= 11 is 0. The first-order valence-electron chi connectivity index (χ1n) is 19.3. The van der Waals surface area contributed by atoms with Crippen LogP contribution in [-0.4, -0.2) is 4.98 Å². The number of hydrogen-bond acceptors (Lipinski definition) is 3. The molecule has 0 amide bonds. The zero-order chi connectivity index (χ0) is 37.3. The maximum atomic E-state index is 6.61. The molecule has 0 bridgehead atoms. The summed E-state index contributed by atoms with van der Waals surface area (Å²) in [6.07, 6.45) is 9.05. The first-order chi connectivity index (χ1) is 27.7. The van der Waals surface area contributed by atoms with Crippen LogP contribution in [0.1, 0.15) is 18.4 Å². The molecule has 3 nitrogen and oxygen atoms in total. The van der Waals surface area contributed by atoms with Gasteiger partial charge in [-0.25, -0.2) is 4.98 Å². The number of benzene rings is 8. The molecule has 1 aliphatic rings. The van der Waals surface area contributed by atoms with E-state index in [0.29, 0.717) is 5.89 Å². The lowest BCUT2D eigenvalue weighted by atomic mass is 9.97. The van der Waals surface area contributed by atoms with E-state index in [9.17, 15) is 0 Å². The Morgan fingerprint density at radius 2 is 0.982 bits per heavy atom. The summed E-state index contributed by atoms with van der Waals surface area (Å²) in [6.45, 7) is 0. The largest absolute Gasteiger partial charge is 0.435 e. The van der Waals surface area contributed by atoms with Gasteiger partial charge in [0.1, 0.15) is 5.52 Å². The van der Waals surface area contributed by atoms with Crippen LogP contribution in [0, 0.1) is 0 Å². The molecule has 1 aromatic heterocycles. The zero-order valence-electron chi connectivity index (χ0n) is 30.8. The highest BCUT2D eigenvalue weighted by Gasteiger charge is 2.18. The summed E-state index contributed by atoms with van der Waals surface area (Å²) in [5.41, 5.74) is 15.4. The second-order valence-corrected chi connectivity index (χ2v) is 14.3. The van der Waals surface area contributed by atoms with E-state index in [0.717, 1.165) is 68.5 Å². The van der Waals surface area contributed by atoms with E-state index in [2.05, 4.69) is 205 Å². The van der Waals surface area contributed by atoms with Crippen molar-refractivity contribution in [2.45, 2.75) is 12.8 Å². The van der Waals surface area contributed by atoms with E-state index in [1.54, 1.807) is 0 Å². The Morgan fingerprint density at radius 3 is 1.66 bits per heavy atom. The van der Waals surface area contributed by atoms with Crippen molar-refractivity contribution in [2.75, 3.05) is 4.90 Å². The lowest BCUT2D eigenvalue weighted by Crippen LogP contribution is -2.10. The van der Waals surface area contributed by atoms with Crippen LogP contribution in [-0.2, 0) is 0 Å². The fraction of sp³-hybridized carbons (Fsp3) is 0.0377. The molecule has 0 radical (unpaired) electrons. The molecule has 0 atom stereocenters. The normalized spacial score (nSPS) is 12.5. The maximum Gasteiger partial charge on any atom is 0.227 e. The van der Waals surface area contributed by atoms with Gasteiger partial charge in [-0.05, 0) is 117 Å². The fourth-order valence-corrected chi connectivity index (χ4v) is 7.78. The van der Waals surface area contributed by atoms with Gasteiger partial charge < -0.3 is 9.32 Å². The minimum atomic E-state index is 0.612. The standard InChI is InChI=1S/C53H38N2O/c1-4-11-37(12-5-1)40-19-21-42(22-20-40)43-27-31-47(32-28-43)55(48-18-10-17-46(35-48)39-15-8-3-9-16-39)49-33-29-44-30-34-51-52(50(44)36-49)56-53(54-51)45-25-23-41(24-26-45)38-13-6-2-7-14-38/h2-4,6-36H,1,5H2. The van der Waals surface area contributed by atoms with E-state index >= 15 is 0 Å². The number of aromatic nitrogens is 1. The van der Waals surface area contributed by atoms with Crippen molar-refractivity contribution in [3.05, 3.63) is 212 Å². The first kappa shape index (κ1) is 33.3. The zero-order valence-corrected chi connectivity index (χ0v) is 30.8. The van der Waals surface area contributed by atoms with Gasteiger partial charge >= 0.3 is 0 Å². The Morgan fingerprint density at radius 1 is 0.429 bits per heavy atom. The van der Waals surface area contributed by atoms with Gasteiger partial charge in [0.05, 0.1) is 0 Å². The molecule has 0 aliphatic heterocycles. The Labute approximate surface area is 327 Å². The van der Waals surface area contributed by atoms with Crippen LogP contribution in [0.3, 0.4) is 0 Å². The highest BCUT2D eigenvalue weighted by Crippen LogP contribution is 2.40. The van der Waals surface area contributed by atoms with Crippen molar-refractivity contribution in [2.24, 2.45) is 0 Å². The number of nitrogens with zero attached hydrogens (tertiary/aromatic N) is 2. The molecule has 10 rings (SSSR count). The van der Waals surface area contributed by atoms with Gasteiger partial charge in [-0.3, -0.25) is 0 Å². The van der Waals surface area contributed by atoms with E-state index < -0.39 is 0 Å². The third-order valence-corrected chi connectivity index (χ3v) is 10.7. The summed E-state index contributed by atoms with van der Waals surface area (Å²) in [7, 11) is 0. The Bertz CT molecular complexity index is 2870. The fourth-order valence-electron chi connectivity index (χ4n) is 7.78. The average molecular weight is 719 g/mol. The number of anilines is 3. The third-order valence-electron chi connectivity index (χ3n) is 10.7. The van der Waals surface area contributed by atoms with Gasteiger partial charge in [-0.1, -0.05) is 152 Å². The highest BCUT2D eigenvalue weighted by atomic mass is 16.3. The van der Waals surface area contributed by atoms with E-state index in [1.807, 2.05) is 6.07 Å². The lowest BCUT2D eigenvalue weighted by Gasteiger charge is -2.26. The topological polar surface area (TPSA) is 29.3 Å². The van der Waals surface area contributed by atoms with Crippen molar-refractivity contribution < 1.29 is 4.42 Å². The number of allylic oxidation sites excluding steroid dienone is 4. The van der Waals surface area contributed by atoms with Crippen molar-refractivity contribution in [3.8, 4) is 44.8 Å². The smallest absolute Gasteiger partial charge is 0.227 e. The molecule has 0 N–H and O–H groups in total. The number of fused-ring (bicyclic) bond motifs is 3. The van der Waals surface area contributed by atoms with Crippen LogP contribution in [0.25, 0.3) is 72.3 Å². The third kappa shape index (κ3) is 6.50. The van der Waals surface area contributed by atoms with Crippen LogP contribution in [0.15, 0.2) is 211 Å². The molecule has 0 spiro atoms. The lowest BCUT2D eigenvalue weighted by molar-refractivity contribution is 0.623. The quantitative estimate of drug-likeness (QED) is 0.157. The Kier molecular flexibility index (Phi) is 8.66. The number of oxazole rings is 1. The number of rotatable bonds is 8. The second-order valence-electron chi connectivity index (χ2n) is 14.3. The molecule has 0 saturated heterocycles. The average Bonchev–Trinajstić information content (AvgIpc) is 3.73. The predicted molar refractivity (Wildman–Crippen MR) is 234 cm³/mol. The maximum absolute atomic E-state index is 6.61. The molecule has 0 fully saturated rings. The highest BCUT2D eigenvalue weighted by molar-refractivity contribution is 6.05. The summed E-state index contributed by atoms with van der Waals surface area (Å²) < 4.78 is 6.61. The summed E-state index contributed by atoms with van der Waals surface area (Å²) in [5, 5.41) is 2.11. The van der Waals surface area contributed by atoms with Crippen LogP contribution < -0.4 is 4.90 Å². The van der Waals surface area contributed by atoms with Gasteiger partial charge in [0.15, 0.2) is 5.58 Å². The van der Waals surface area contributed by atoms with Crippen molar-refractivity contribution in [1.82, 2.24) is 4.98 Å². The molecule has 266 valence electrons. The summed E-state index contributed by atoms with van der Waals surface area (Å²) in [6, 6.07) is 66.8. The second kappa shape index (κ2) is 14.5. The predicted octanol–water partition coefficient (Wildman–Crippen LogP) is 14.9. The molecule has 1 aliphatic carbocycles. The first-order valence-corrected chi connectivity index (χ1v) is 19.3. The van der Waals surface area contributed by atoms with Crippen molar-refractivity contribution in [1.29, 1.82) is 0 Å². The Balaban J connectivity index is 1.04. The van der Waals surface area contributed by atoms with Gasteiger partial charge in [-0.15, -0.1) is 0 Å². The van der Waals surface area contributed by atoms with Gasteiger partial charge in [-0.2, -0.15) is 0 Å². The van der Waals surface area contributed by atoms with Gasteiger partial charge in [0.25, 0.3) is 0 Å². The van der Waals surface area contributed by atoms with Crippen molar-refractivity contribution in [3.63, 3.8) is 0 Å². The molecule has 0 saturated carbocycles. The monoisotopic (exact) mass is 718 g/mol. The van der Waals surface area contributed by atoms with E-state index in [1.165, 1.54) is 33.4 Å².